The summed E-state index contributed by atoms with van der Waals surface area (Å²) in [4.78, 5) is 0. The van der Waals surface area contributed by atoms with Gasteiger partial charge in [0.25, 0.3) is 0 Å². The van der Waals surface area contributed by atoms with Crippen molar-refractivity contribution in [3.8, 4) is 0 Å². The maximum absolute atomic E-state index is 3.59. The van der Waals surface area contributed by atoms with Gasteiger partial charge in [0.05, 0.1) is 0 Å². The molecule has 0 radical (unpaired) electrons. The molecule has 72 valence electrons. The zero-order valence-electron chi connectivity index (χ0n) is 8.23. The minimum Gasteiger partial charge on any atom is -0.315 e. The zero-order valence-corrected chi connectivity index (χ0v) is 8.23. The molecule has 1 rings (SSSR count). The van der Waals surface area contributed by atoms with Crippen molar-refractivity contribution in [2.75, 3.05) is 19.6 Å². The third-order valence-corrected chi connectivity index (χ3v) is 2.51. The summed E-state index contributed by atoms with van der Waals surface area (Å²) in [5.74, 6) is 0. The minimum atomic E-state index is 0.746. The van der Waals surface area contributed by atoms with Gasteiger partial charge >= 0.3 is 0 Å². The Labute approximate surface area is 76.1 Å². The van der Waals surface area contributed by atoms with Crippen LogP contribution < -0.4 is 10.6 Å². The zero-order chi connectivity index (χ0) is 8.65. The highest BCUT2D eigenvalue weighted by Gasteiger charge is 2.10. The topological polar surface area (TPSA) is 24.1 Å². The second-order valence-electron chi connectivity index (χ2n) is 3.70. The molecule has 2 N–H and O–H groups in total. The standard InChI is InChI=1S/C10H22N2/c1-2-3-4-8-12-10-6-5-7-11-9-10/h10-12H,2-9H2,1H3. The number of rotatable bonds is 5. The molecule has 1 aliphatic rings. The van der Waals surface area contributed by atoms with Crippen LogP contribution in [0.4, 0.5) is 0 Å². The van der Waals surface area contributed by atoms with Gasteiger partial charge in [0.1, 0.15) is 0 Å². The third kappa shape index (κ3) is 4.07. The average molecular weight is 170 g/mol. The highest BCUT2D eigenvalue weighted by atomic mass is 15.0. The summed E-state index contributed by atoms with van der Waals surface area (Å²) in [6, 6.07) is 0.746. The van der Waals surface area contributed by atoms with Gasteiger partial charge in [-0.05, 0) is 32.4 Å². The summed E-state index contributed by atoms with van der Waals surface area (Å²) < 4.78 is 0. The first-order valence-electron chi connectivity index (χ1n) is 5.37. The van der Waals surface area contributed by atoms with Crippen LogP contribution in [-0.2, 0) is 0 Å². The normalized spacial score (nSPS) is 24.2. The van der Waals surface area contributed by atoms with Gasteiger partial charge in [0.15, 0.2) is 0 Å². The van der Waals surface area contributed by atoms with E-state index in [1.165, 1.54) is 51.7 Å². The van der Waals surface area contributed by atoms with E-state index in [4.69, 9.17) is 0 Å². The smallest absolute Gasteiger partial charge is 0.0192 e. The molecule has 2 nitrogen and oxygen atoms in total. The van der Waals surface area contributed by atoms with E-state index in [9.17, 15) is 0 Å². The SMILES string of the molecule is CCCCCNC1CCCNC1. The van der Waals surface area contributed by atoms with Gasteiger partial charge in [-0.3, -0.25) is 0 Å². The molecule has 0 amide bonds. The van der Waals surface area contributed by atoms with Crippen LogP contribution >= 0.6 is 0 Å². The lowest BCUT2D eigenvalue weighted by Crippen LogP contribution is -2.43. The predicted molar refractivity (Wildman–Crippen MR) is 53.4 cm³/mol. The van der Waals surface area contributed by atoms with Crippen molar-refractivity contribution in [1.82, 2.24) is 10.6 Å². The second-order valence-corrected chi connectivity index (χ2v) is 3.70. The van der Waals surface area contributed by atoms with E-state index in [0.29, 0.717) is 0 Å². The molecule has 0 spiro atoms. The van der Waals surface area contributed by atoms with Gasteiger partial charge in [-0.25, -0.2) is 0 Å². The highest BCUT2D eigenvalue weighted by molar-refractivity contribution is 4.74. The molecule has 0 aliphatic carbocycles. The maximum atomic E-state index is 3.59. The fourth-order valence-corrected chi connectivity index (χ4v) is 1.71. The summed E-state index contributed by atoms with van der Waals surface area (Å²) in [5, 5.41) is 7.01. The fraction of sp³-hybridized carbons (Fsp3) is 1.00. The fourth-order valence-electron chi connectivity index (χ4n) is 1.71. The quantitative estimate of drug-likeness (QED) is 0.611. The number of piperidine rings is 1. The second kappa shape index (κ2) is 6.44. The first-order chi connectivity index (χ1) is 5.93. The van der Waals surface area contributed by atoms with Crippen LogP contribution in [0.25, 0.3) is 0 Å². The molecule has 0 aromatic rings. The molecule has 0 aromatic heterocycles. The van der Waals surface area contributed by atoms with Crippen LogP contribution in [-0.4, -0.2) is 25.7 Å². The molecular formula is C10H22N2. The molecule has 1 saturated heterocycles. The summed E-state index contributed by atoms with van der Waals surface area (Å²) in [6.45, 7) is 5.85. The molecule has 0 saturated carbocycles. The molecule has 1 fully saturated rings. The Hall–Kier alpha value is -0.0800. The van der Waals surface area contributed by atoms with Crippen molar-refractivity contribution in [1.29, 1.82) is 0 Å². The van der Waals surface area contributed by atoms with E-state index in [1.807, 2.05) is 0 Å². The van der Waals surface area contributed by atoms with Crippen LogP contribution in [0.15, 0.2) is 0 Å². The van der Waals surface area contributed by atoms with E-state index in [1.54, 1.807) is 0 Å². The lowest BCUT2D eigenvalue weighted by molar-refractivity contribution is 0.387. The Morgan fingerprint density at radius 1 is 1.42 bits per heavy atom. The summed E-state index contributed by atoms with van der Waals surface area (Å²) in [5.41, 5.74) is 0. The van der Waals surface area contributed by atoms with Gasteiger partial charge in [0, 0.05) is 12.6 Å². The van der Waals surface area contributed by atoms with Crippen LogP contribution in [0, 0.1) is 0 Å². The average Bonchev–Trinajstić information content (AvgIpc) is 2.14. The van der Waals surface area contributed by atoms with Crippen molar-refractivity contribution in [3.05, 3.63) is 0 Å². The van der Waals surface area contributed by atoms with Gasteiger partial charge in [-0.15, -0.1) is 0 Å². The maximum Gasteiger partial charge on any atom is 0.0192 e. The number of nitrogens with one attached hydrogen (secondary N) is 2. The highest BCUT2D eigenvalue weighted by Crippen LogP contribution is 2.01. The lowest BCUT2D eigenvalue weighted by Gasteiger charge is -2.23. The largest absolute Gasteiger partial charge is 0.315 e. The van der Waals surface area contributed by atoms with Crippen LogP contribution in [0.3, 0.4) is 0 Å². The molecule has 1 heterocycles. The lowest BCUT2D eigenvalue weighted by atomic mass is 10.1. The van der Waals surface area contributed by atoms with E-state index in [-0.39, 0.29) is 0 Å². The Morgan fingerprint density at radius 3 is 3.00 bits per heavy atom. The molecule has 1 unspecified atom stereocenters. The van der Waals surface area contributed by atoms with Gasteiger partial charge in [0.2, 0.25) is 0 Å². The number of unbranched alkanes of at least 4 members (excludes halogenated alkanes) is 2. The molecule has 1 atom stereocenters. The number of hydrogen-bond acceptors (Lipinski definition) is 2. The van der Waals surface area contributed by atoms with E-state index in [0.717, 1.165) is 6.04 Å². The predicted octanol–water partition coefficient (Wildman–Crippen LogP) is 1.52. The van der Waals surface area contributed by atoms with Gasteiger partial charge in [-0.2, -0.15) is 0 Å². The summed E-state index contributed by atoms with van der Waals surface area (Å²) >= 11 is 0. The van der Waals surface area contributed by atoms with Crippen molar-refractivity contribution in [3.63, 3.8) is 0 Å². The monoisotopic (exact) mass is 170 g/mol. The van der Waals surface area contributed by atoms with Gasteiger partial charge < -0.3 is 10.6 Å². The van der Waals surface area contributed by atoms with E-state index >= 15 is 0 Å². The molecule has 0 bridgehead atoms. The third-order valence-electron chi connectivity index (χ3n) is 2.51. The Morgan fingerprint density at radius 2 is 2.33 bits per heavy atom. The van der Waals surface area contributed by atoms with Crippen molar-refractivity contribution < 1.29 is 0 Å². The molecule has 12 heavy (non-hydrogen) atoms. The first-order valence-corrected chi connectivity index (χ1v) is 5.37. The van der Waals surface area contributed by atoms with Gasteiger partial charge in [-0.1, -0.05) is 19.8 Å². The number of hydrogen-bond donors (Lipinski definition) is 2. The molecular weight excluding hydrogens is 148 g/mol. The van der Waals surface area contributed by atoms with Crippen LogP contribution in [0.1, 0.15) is 39.0 Å². The molecule has 2 heteroatoms. The van der Waals surface area contributed by atoms with Crippen molar-refractivity contribution in [2.45, 2.75) is 45.1 Å². The van der Waals surface area contributed by atoms with Crippen LogP contribution in [0.5, 0.6) is 0 Å². The Kier molecular flexibility index (Phi) is 5.37. The summed E-state index contributed by atoms with van der Waals surface area (Å²) in [6.07, 6.45) is 6.73. The van der Waals surface area contributed by atoms with Crippen LogP contribution in [0.2, 0.25) is 0 Å². The minimum absolute atomic E-state index is 0.746. The summed E-state index contributed by atoms with van der Waals surface area (Å²) in [7, 11) is 0. The Balaban J connectivity index is 1.91. The van der Waals surface area contributed by atoms with E-state index < -0.39 is 0 Å². The van der Waals surface area contributed by atoms with Crippen molar-refractivity contribution >= 4 is 0 Å². The van der Waals surface area contributed by atoms with Crippen molar-refractivity contribution in [2.24, 2.45) is 0 Å². The van der Waals surface area contributed by atoms with E-state index in [2.05, 4.69) is 17.6 Å². The Bertz CT molecular complexity index is 98.0. The molecule has 0 aromatic carbocycles. The molecule has 1 aliphatic heterocycles. The first kappa shape index (κ1) is 10.0.